The van der Waals surface area contributed by atoms with Crippen molar-refractivity contribution in [2.24, 2.45) is 5.92 Å². The van der Waals surface area contributed by atoms with Gasteiger partial charge in [0.2, 0.25) is 5.91 Å². The predicted molar refractivity (Wildman–Crippen MR) is 77.4 cm³/mol. The molecule has 2 rings (SSSR count). The minimum absolute atomic E-state index is 0.000929. The average molecular weight is 296 g/mol. The second-order valence-electron chi connectivity index (χ2n) is 4.98. The fourth-order valence-electron chi connectivity index (χ4n) is 2.37. The van der Waals surface area contributed by atoms with Crippen LogP contribution >= 0.6 is 11.3 Å². The fraction of sp³-hybridized carbons (Fsp3) is 0.571. The fourth-order valence-corrected chi connectivity index (χ4v) is 3.14. The predicted octanol–water partition coefficient (Wildman–Crippen LogP) is 1.47. The Morgan fingerprint density at radius 3 is 3.05 bits per heavy atom. The lowest BCUT2D eigenvalue weighted by Crippen LogP contribution is -2.31. The molecule has 0 aliphatic carbocycles. The highest BCUT2D eigenvalue weighted by Crippen LogP contribution is 2.23. The standard InChI is InChI=1S/C14H20N2O3S/c1-19-14(18)8-11(12-3-2-6-20-12)16-13(17)7-10-4-5-15-9-10/h2-3,6,10-11,15H,4-5,7-9H2,1H3,(H,16,17). The van der Waals surface area contributed by atoms with Crippen molar-refractivity contribution in [1.29, 1.82) is 0 Å². The summed E-state index contributed by atoms with van der Waals surface area (Å²) in [5, 5.41) is 8.14. The Morgan fingerprint density at radius 1 is 1.60 bits per heavy atom. The van der Waals surface area contributed by atoms with Gasteiger partial charge in [0.25, 0.3) is 0 Å². The van der Waals surface area contributed by atoms with E-state index in [2.05, 4.69) is 10.6 Å². The summed E-state index contributed by atoms with van der Waals surface area (Å²) in [4.78, 5) is 24.5. The third kappa shape index (κ3) is 4.31. The molecular formula is C14H20N2O3S. The van der Waals surface area contributed by atoms with Crippen LogP contribution in [0.4, 0.5) is 0 Å². The Hall–Kier alpha value is -1.40. The first-order chi connectivity index (χ1) is 9.69. The highest BCUT2D eigenvalue weighted by atomic mass is 32.1. The van der Waals surface area contributed by atoms with Crippen LogP contribution in [0.25, 0.3) is 0 Å². The first kappa shape index (κ1) is 15.0. The molecule has 2 atom stereocenters. The summed E-state index contributed by atoms with van der Waals surface area (Å²) < 4.78 is 4.70. The molecule has 2 unspecified atom stereocenters. The molecule has 6 heteroatoms. The lowest BCUT2D eigenvalue weighted by Gasteiger charge is -2.17. The molecule has 1 aromatic rings. The van der Waals surface area contributed by atoms with Crippen molar-refractivity contribution in [3.8, 4) is 0 Å². The van der Waals surface area contributed by atoms with Gasteiger partial charge in [0.1, 0.15) is 0 Å². The van der Waals surface area contributed by atoms with Gasteiger partial charge >= 0.3 is 5.97 Å². The van der Waals surface area contributed by atoms with E-state index < -0.39 is 0 Å². The molecule has 1 saturated heterocycles. The summed E-state index contributed by atoms with van der Waals surface area (Å²) in [6.07, 6.45) is 1.72. The van der Waals surface area contributed by atoms with Crippen LogP contribution < -0.4 is 10.6 Å². The van der Waals surface area contributed by atoms with E-state index >= 15 is 0 Å². The van der Waals surface area contributed by atoms with Gasteiger partial charge in [0.05, 0.1) is 19.6 Å². The number of thiophene rings is 1. The van der Waals surface area contributed by atoms with Crippen molar-refractivity contribution in [1.82, 2.24) is 10.6 Å². The molecule has 0 saturated carbocycles. The van der Waals surface area contributed by atoms with Gasteiger partial charge in [-0.05, 0) is 36.9 Å². The molecule has 1 aromatic heterocycles. The zero-order chi connectivity index (χ0) is 14.4. The molecule has 5 nitrogen and oxygen atoms in total. The molecule has 2 N–H and O–H groups in total. The summed E-state index contributed by atoms with van der Waals surface area (Å²) in [6.45, 7) is 1.88. The van der Waals surface area contributed by atoms with Gasteiger partial charge < -0.3 is 15.4 Å². The first-order valence-electron chi connectivity index (χ1n) is 6.79. The van der Waals surface area contributed by atoms with E-state index in [0.29, 0.717) is 12.3 Å². The largest absolute Gasteiger partial charge is 0.469 e. The summed E-state index contributed by atoms with van der Waals surface area (Å²) >= 11 is 1.53. The number of carbonyl (C=O) groups is 2. The van der Waals surface area contributed by atoms with Crippen LogP contribution in [0.5, 0.6) is 0 Å². The SMILES string of the molecule is COC(=O)CC(NC(=O)CC1CCNC1)c1cccs1. The minimum atomic E-state index is -0.314. The summed E-state index contributed by atoms with van der Waals surface area (Å²) in [6, 6.07) is 3.55. The number of nitrogens with one attached hydrogen (secondary N) is 2. The number of esters is 1. The molecule has 0 radical (unpaired) electrons. The summed E-state index contributed by atoms with van der Waals surface area (Å²) in [5.74, 6) is 0.0874. The van der Waals surface area contributed by atoms with E-state index in [1.807, 2.05) is 17.5 Å². The Morgan fingerprint density at radius 2 is 2.45 bits per heavy atom. The van der Waals surface area contributed by atoms with Gasteiger partial charge in [0.15, 0.2) is 0 Å². The molecule has 2 heterocycles. The van der Waals surface area contributed by atoms with Crippen LogP contribution in [0.2, 0.25) is 0 Å². The highest BCUT2D eigenvalue weighted by Gasteiger charge is 2.23. The van der Waals surface area contributed by atoms with Gasteiger partial charge in [-0.1, -0.05) is 6.07 Å². The molecule has 0 spiro atoms. The topological polar surface area (TPSA) is 67.4 Å². The van der Waals surface area contributed by atoms with Crippen LogP contribution in [0, 0.1) is 5.92 Å². The normalized spacial score (nSPS) is 19.6. The molecular weight excluding hydrogens is 276 g/mol. The maximum atomic E-state index is 12.1. The second-order valence-corrected chi connectivity index (χ2v) is 5.96. The minimum Gasteiger partial charge on any atom is -0.469 e. The van der Waals surface area contributed by atoms with Crippen molar-refractivity contribution < 1.29 is 14.3 Å². The average Bonchev–Trinajstić information content (AvgIpc) is 3.10. The number of methoxy groups -OCH3 is 1. The summed E-state index contributed by atoms with van der Waals surface area (Å²) in [5.41, 5.74) is 0. The van der Waals surface area contributed by atoms with Gasteiger partial charge in [0, 0.05) is 11.3 Å². The van der Waals surface area contributed by atoms with E-state index in [1.54, 1.807) is 0 Å². The first-order valence-corrected chi connectivity index (χ1v) is 7.67. The molecule has 1 aliphatic heterocycles. The number of amides is 1. The van der Waals surface area contributed by atoms with E-state index in [1.165, 1.54) is 18.4 Å². The van der Waals surface area contributed by atoms with Crippen LogP contribution in [0.3, 0.4) is 0 Å². The quantitative estimate of drug-likeness (QED) is 0.780. The van der Waals surface area contributed by atoms with Crippen molar-refractivity contribution in [2.75, 3.05) is 20.2 Å². The van der Waals surface area contributed by atoms with E-state index in [4.69, 9.17) is 4.74 Å². The van der Waals surface area contributed by atoms with Gasteiger partial charge in [-0.2, -0.15) is 0 Å². The van der Waals surface area contributed by atoms with Crippen LogP contribution in [-0.4, -0.2) is 32.1 Å². The van der Waals surface area contributed by atoms with Crippen LogP contribution in [0.15, 0.2) is 17.5 Å². The number of hydrogen-bond donors (Lipinski definition) is 2. The van der Waals surface area contributed by atoms with Gasteiger partial charge in [-0.3, -0.25) is 9.59 Å². The third-order valence-electron chi connectivity index (χ3n) is 3.46. The zero-order valence-electron chi connectivity index (χ0n) is 11.6. The van der Waals surface area contributed by atoms with Gasteiger partial charge in [-0.15, -0.1) is 11.3 Å². The molecule has 0 bridgehead atoms. The number of carbonyl (C=O) groups excluding carboxylic acids is 2. The Bertz CT molecular complexity index is 441. The Labute approximate surface area is 122 Å². The van der Waals surface area contributed by atoms with E-state index in [9.17, 15) is 9.59 Å². The smallest absolute Gasteiger partial charge is 0.307 e. The molecule has 110 valence electrons. The van der Waals surface area contributed by atoms with E-state index in [-0.39, 0.29) is 24.3 Å². The molecule has 1 aliphatic rings. The van der Waals surface area contributed by atoms with Crippen molar-refractivity contribution >= 4 is 23.2 Å². The van der Waals surface area contributed by atoms with Crippen molar-refractivity contribution in [3.05, 3.63) is 22.4 Å². The second kappa shape index (κ2) is 7.40. The van der Waals surface area contributed by atoms with Crippen molar-refractivity contribution in [3.63, 3.8) is 0 Å². The van der Waals surface area contributed by atoms with Crippen LogP contribution in [-0.2, 0) is 14.3 Å². The van der Waals surface area contributed by atoms with E-state index in [0.717, 1.165) is 24.4 Å². The highest BCUT2D eigenvalue weighted by molar-refractivity contribution is 7.10. The monoisotopic (exact) mass is 296 g/mol. The number of ether oxygens (including phenoxy) is 1. The van der Waals surface area contributed by atoms with Crippen molar-refractivity contribution in [2.45, 2.75) is 25.3 Å². The lowest BCUT2D eigenvalue weighted by molar-refractivity contribution is -0.141. The number of hydrogen-bond acceptors (Lipinski definition) is 5. The van der Waals surface area contributed by atoms with Crippen LogP contribution in [0.1, 0.15) is 30.2 Å². The van der Waals surface area contributed by atoms with Gasteiger partial charge in [-0.25, -0.2) is 0 Å². The lowest BCUT2D eigenvalue weighted by atomic mass is 10.0. The molecule has 1 amide bonds. The number of rotatable bonds is 6. The Kier molecular flexibility index (Phi) is 5.55. The zero-order valence-corrected chi connectivity index (χ0v) is 12.4. The maximum absolute atomic E-state index is 12.1. The molecule has 20 heavy (non-hydrogen) atoms. The third-order valence-corrected chi connectivity index (χ3v) is 4.44. The molecule has 1 fully saturated rings. The summed E-state index contributed by atoms with van der Waals surface area (Å²) in [7, 11) is 1.36. The maximum Gasteiger partial charge on any atom is 0.307 e. The Balaban J connectivity index is 1.92. The molecule has 0 aromatic carbocycles.